The van der Waals surface area contributed by atoms with Crippen LogP contribution in [0.5, 0.6) is 0 Å². The molecule has 13 rings (SSSR count). The molecule has 396 valence electrons. The van der Waals surface area contributed by atoms with Crippen LogP contribution in [0.2, 0.25) is 0 Å². The Bertz CT molecular complexity index is 4210. The minimum atomic E-state index is -1.14. The summed E-state index contributed by atoms with van der Waals surface area (Å²) in [5, 5.41) is 5.31. The predicted molar refractivity (Wildman–Crippen MR) is 332 cm³/mol. The van der Waals surface area contributed by atoms with Crippen molar-refractivity contribution in [2.24, 2.45) is 0 Å². The second-order valence-electron chi connectivity index (χ2n) is 24.7. The third-order valence-corrected chi connectivity index (χ3v) is 16.9. The van der Waals surface area contributed by atoms with Gasteiger partial charge in [-0.2, -0.15) is 0 Å². The Hall–Kier alpha value is -8.54. The van der Waals surface area contributed by atoms with Gasteiger partial charge in [0.25, 0.3) is 0 Å². The van der Waals surface area contributed by atoms with Gasteiger partial charge in [0, 0.05) is 45.0 Å². The largest absolute Gasteiger partial charge is 0.456 e. The number of aryl methyl sites for hydroxylation is 5. The first-order valence-electron chi connectivity index (χ1n) is 28.2. The van der Waals surface area contributed by atoms with Crippen molar-refractivity contribution in [2.75, 3.05) is 9.80 Å². The van der Waals surface area contributed by atoms with E-state index in [9.17, 15) is 0 Å². The first kappa shape index (κ1) is 50.9. The average Bonchev–Trinajstić information content (AvgIpc) is 4.16. The van der Waals surface area contributed by atoms with Crippen LogP contribution in [0.15, 0.2) is 192 Å². The number of nitrogens with zero attached hydrogens (tertiary/aromatic N) is 2. The summed E-state index contributed by atoms with van der Waals surface area (Å²) >= 11 is 0. The molecule has 1 aromatic heterocycles. The Morgan fingerprint density at radius 2 is 0.963 bits per heavy atom. The molecule has 0 amide bonds. The molecule has 0 fully saturated rings. The molecule has 1 heterocycles. The van der Waals surface area contributed by atoms with E-state index in [4.69, 9.17) is 4.42 Å². The lowest BCUT2D eigenvalue weighted by atomic mass is 9.66. The predicted octanol–water partition coefficient (Wildman–Crippen LogP) is 21.1. The molecule has 0 bridgehead atoms. The molecule has 0 N–H and O–H groups in total. The molecule has 0 unspecified atom stereocenters. The normalized spacial score (nSPS) is 13.7. The molecule has 3 nitrogen and oxygen atoms in total. The van der Waals surface area contributed by atoms with Crippen molar-refractivity contribution in [3.05, 3.63) is 267 Å². The second kappa shape index (κ2) is 18.8. The molecule has 0 spiro atoms. The van der Waals surface area contributed by atoms with Crippen molar-refractivity contribution in [1.82, 2.24) is 0 Å². The summed E-state index contributed by atoms with van der Waals surface area (Å²) in [5.74, 6) is 0.180. The highest BCUT2D eigenvalue weighted by molar-refractivity contribution is 6.23. The molecular formula is C75H66F2N2O. The highest BCUT2D eigenvalue weighted by Gasteiger charge is 2.51. The number of allylic oxidation sites excluding steroid dienone is 1. The third-order valence-electron chi connectivity index (χ3n) is 16.9. The summed E-state index contributed by atoms with van der Waals surface area (Å²) in [6.07, 6.45) is 6.05. The summed E-state index contributed by atoms with van der Waals surface area (Å²) in [6, 6.07) is 63.7. The Balaban J connectivity index is 1.19. The molecule has 0 saturated heterocycles. The van der Waals surface area contributed by atoms with Crippen LogP contribution < -0.4 is 9.80 Å². The standard InChI is InChI=1S/C75H66F2N2O/c1-45-37-46(2)40-58(39-45)78(55-31-23-49(24-32-55)73(5,6)7)57-35-36-62-64(43-57)60-15-11-12-16-61(60)69-70-65(75(71(62)69,51-19-27-53(76)28-20-51)52-21-29-54(77)30-22-52)44-66(68-63-17-13-14-18-67(63)80-72(68)70)79(59-41-47(3)38-48(4)42-59)56-33-25-50(26-34-56)74(8,9)10/h11-12,14-16,18-44H,13,17H2,1-10H3. The van der Waals surface area contributed by atoms with E-state index in [1.807, 2.05) is 24.3 Å². The van der Waals surface area contributed by atoms with Gasteiger partial charge < -0.3 is 14.2 Å². The topological polar surface area (TPSA) is 19.6 Å². The van der Waals surface area contributed by atoms with E-state index in [2.05, 4.69) is 225 Å². The van der Waals surface area contributed by atoms with Gasteiger partial charge in [-0.15, -0.1) is 0 Å². The fourth-order valence-corrected chi connectivity index (χ4v) is 13.4. The molecule has 0 atom stereocenters. The minimum Gasteiger partial charge on any atom is -0.456 e. The average molecular weight is 1050 g/mol. The molecule has 0 aliphatic heterocycles. The Morgan fingerprint density at radius 1 is 0.463 bits per heavy atom. The number of hydrogen-bond acceptors (Lipinski definition) is 3. The van der Waals surface area contributed by atoms with E-state index in [-0.39, 0.29) is 22.5 Å². The van der Waals surface area contributed by atoms with E-state index in [0.29, 0.717) is 0 Å². The lowest BCUT2D eigenvalue weighted by Crippen LogP contribution is -2.29. The number of fused-ring (bicyclic) bond motifs is 12. The van der Waals surface area contributed by atoms with Crippen molar-refractivity contribution in [3.63, 3.8) is 0 Å². The number of benzene rings is 10. The summed E-state index contributed by atoms with van der Waals surface area (Å²) in [4.78, 5) is 4.80. The monoisotopic (exact) mass is 1050 g/mol. The van der Waals surface area contributed by atoms with Crippen molar-refractivity contribution >= 4 is 72.7 Å². The van der Waals surface area contributed by atoms with Gasteiger partial charge in [0.1, 0.15) is 23.0 Å². The van der Waals surface area contributed by atoms with Crippen LogP contribution in [0, 0.1) is 39.3 Å². The molecule has 5 heteroatoms. The van der Waals surface area contributed by atoms with Gasteiger partial charge >= 0.3 is 0 Å². The minimum absolute atomic E-state index is 0.0156. The first-order chi connectivity index (χ1) is 38.4. The highest BCUT2D eigenvalue weighted by atomic mass is 19.1. The van der Waals surface area contributed by atoms with Crippen LogP contribution in [0.4, 0.5) is 42.9 Å². The van der Waals surface area contributed by atoms with Crippen LogP contribution in [0.1, 0.15) is 115 Å². The summed E-state index contributed by atoms with van der Waals surface area (Å²) in [7, 11) is 0. The van der Waals surface area contributed by atoms with Gasteiger partial charge in [-0.05, 0) is 231 Å². The summed E-state index contributed by atoms with van der Waals surface area (Å²) < 4.78 is 38.9. The van der Waals surface area contributed by atoms with E-state index >= 15 is 8.78 Å². The molecule has 10 aromatic carbocycles. The molecule has 11 aromatic rings. The van der Waals surface area contributed by atoms with Gasteiger partial charge in [-0.25, -0.2) is 8.78 Å². The first-order valence-corrected chi connectivity index (χ1v) is 28.2. The van der Waals surface area contributed by atoms with E-state index < -0.39 is 5.41 Å². The zero-order valence-electron chi connectivity index (χ0n) is 47.4. The SMILES string of the molecule is Cc1cc(C)cc(N(c2ccc(C(C)(C)C)cc2)c2ccc3c4c(c5ccccc5c3c2)-c2c(cc(N(c3ccc(C(C)(C)C)cc3)c3cc(C)cc(C)c3)c3c5c(oc23)C=CCC5)C4(c2ccc(F)cc2)c2ccc(F)cc2)c1. The van der Waals surface area contributed by atoms with Gasteiger partial charge in [0.2, 0.25) is 0 Å². The maximum Gasteiger partial charge on any atom is 0.145 e. The summed E-state index contributed by atoms with van der Waals surface area (Å²) in [5.41, 5.74) is 19.8. The van der Waals surface area contributed by atoms with Crippen LogP contribution in [0.3, 0.4) is 0 Å². The van der Waals surface area contributed by atoms with Crippen molar-refractivity contribution in [1.29, 1.82) is 0 Å². The number of furan rings is 1. The number of halogens is 2. The molecule has 2 aliphatic carbocycles. The zero-order valence-corrected chi connectivity index (χ0v) is 47.4. The third kappa shape index (κ3) is 8.27. The Morgan fingerprint density at radius 3 is 1.50 bits per heavy atom. The van der Waals surface area contributed by atoms with Crippen molar-refractivity contribution < 1.29 is 13.2 Å². The van der Waals surface area contributed by atoms with Gasteiger partial charge in [0.15, 0.2) is 0 Å². The van der Waals surface area contributed by atoms with Crippen LogP contribution >= 0.6 is 0 Å². The smallest absolute Gasteiger partial charge is 0.145 e. The molecule has 80 heavy (non-hydrogen) atoms. The van der Waals surface area contributed by atoms with Gasteiger partial charge in [0.05, 0.1) is 11.1 Å². The van der Waals surface area contributed by atoms with Crippen molar-refractivity contribution in [3.8, 4) is 11.1 Å². The Kier molecular flexibility index (Phi) is 12.0. The second-order valence-corrected chi connectivity index (χ2v) is 24.7. The maximum absolute atomic E-state index is 15.7. The van der Waals surface area contributed by atoms with Crippen LogP contribution in [0.25, 0.3) is 49.7 Å². The van der Waals surface area contributed by atoms with Gasteiger partial charge in [-0.3, -0.25) is 0 Å². The van der Waals surface area contributed by atoms with Crippen LogP contribution in [-0.4, -0.2) is 0 Å². The lowest BCUT2D eigenvalue weighted by Gasteiger charge is -2.36. The number of hydrogen-bond donors (Lipinski definition) is 0. The zero-order chi connectivity index (χ0) is 55.6. The molecule has 0 saturated carbocycles. The fraction of sp³-hybridized carbons (Fsp3) is 0.200. The van der Waals surface area contributed by atoms with Crippen molar-refractivity contribution in [2.45, 2.75) is 98.3 Å². The fourth-order valence-electron chi connectivity index (χ4n) is 13.4. The van der Waals surface area contributed by atoms with E-state index in [1.54, 1.807) is 24.3 Å². The van der Waals surface area contributed by atoms with E-state index in [1.165, 1.54) is 27.8 Å². The number of anilines is 6. The molecular weight excluding hydrogens is 983 g/mol. The lowest BCUT2D eigenvalue weighted by molar-refractivity contribution is 0.590. The molecule has 2 aliphatic rings. The van der Waals surface area contributed by atoms with E-state index in [0.717, 1.165) is 130 Å². The highest BCUT2D eigenvalue weighted by Crippen LogP contribution is 2.64. The van der Waals surface area contributed by atoms with Crippen LogP contribution in [-0.2, 0) is 22.7 Å². The quantitative estimate of drug-likeness (QED) is 0.141. The maximum atomic E-state index is 15.7. The Labute approximate surface area is 469 Å². The molecule has 0 radical (unpaired) electrons. The summed E-state index contributed by atoms with van der Waals surface area (Å²) in [6.45, 7) is 22.2. The number of rotatable bonds is 8. The van der Waals surface area contributed by atoms with Gasteiger partial charge in [-0.1, -0.05) is 139 Å².